The Morgan fingerprint density at radius 1 is 0.938 bits per heavy atom. The predicted octanol–water partition coefficient (Wildman–Crippen LogP) is 8.98. The highest BCUT2D eigenvalue weighted by Crippen LogP contribution is 2.41. The number of halogens is 1. The molecule has 2 saturated carbocycles. The molecule has 2 fully saturated rings. The molecule has 0 atom stereocenters. The zero-order chi connectivity index (χ0) is 22.3. The molecular formula is C30H39FO. The fourth-order valence-corrected chi connectivity index (χ4v) is 5.86. The Morgan fingerprint density at radius 2 is 1.62 bits per heavy atom. The maximum Gasteiger partial charge on any atom is 0.172 e. The quantitative estimate of drug-likeness (QED) is 0.377. The number of allylic oxidation sites excluding steroid dienone is 2. The average molecular weight is 435 g/mol. The largest absolute Gasteiger partial charge is 0.486 e. The second kappa shape index (κ2) is 11.2. The molecule has 2 aromatic rings. The van der Waals surface area contributed by atoms with Gasteiger partial charge in [-0.05, 0) is 99.0 Å². The van der Waals surface area contributed by atoms with E-state index in [0.29, 0.717) is 23.7 Å². The third kappa shape index (κ3) is 5.63. The van der Waals surface area contributed by atoms with Crippen LogP contribution in [0.15, 0.2) is 55.1 Å². The van der Waals surface area contributed by atoms with E-state index in [1.165, 1.54) is 69.8 Å². The summed E-state index contributed by atoms with van der Waals surface area (Å²) in [6.45, 7) is 6.31. The van der Waals surface area contributed by atoms with Gasteiger partial charge in [0, 0.05) is 5.39 Å². The summed E-state index contributed by atoms with van der Waals surface area (Å²) in [5, 5.41) is 1.64. The zero-order valence-electron chi connectivity index (χ0n) is 19.7. The summed E-state index contributed by atoms with van der Waals surface area (Å²) < 4.78 is 20.4. The molecule has 0 bridgehead atoms. The molecule has 0 spiro atoms. The third-order valence-corrected chi connectivity index (χ3v) is 8.04. The van der Waals surface area contributed by atoms with Gasteiger partial charge in [0.2, 0.25) is 0 Å². The second-order valence-corrected chi connectivity index (χ2v) is 10.0. The molecule has 0 aliphatic heterocycles. The van der Waals surface area contributed by atoms with Crippen molar-refractivity contribution in [3.8, 4) is 5.75 Å². The van der Waals surface area contributed by atoms with Gasteiger partial charge in [-0.2, -0.15) is 0 Å². The number of fused-ring (bicyclic) bond motifs is 1. The fourth-order valence-electron chi connectivity index (χ4n) is 5.86. The topological polar surface area (TPSA) is 9.23 Å². The number of ether oxygens (including phenoxy) is 1. The van der Waals surface area contributed by atoms with Crippen molar-refractivity contribution >= 4 is 10.8 Å². The van der Waals surface area contributed by atoms with Gasteiger partial charge in [0.1, 0.15) is 6.61 Å². The Kier molecular flexibility index (Phi) is 8.05. The summed E-state index contributed by atoms with van der Waals surface area (Å²) in [7, 11) is 0. The van der Waals surface area contributed by atoms with Crippen molar-refractivity contribution in [3.05, 3.63) is 66.5 Å². The molecule has 2 aliphatic rings. The third-order valence-electron chi connectivity index (χ3n) is 8.04. The SMILES string of the molecule is C=CC1CCC(CCC2CCC(c3ccc4c(F)c(OCC=CC)ccc4c3)CC2)CC1. The van der Waals surface area contributed by atoms with E-state index in [-0.39, 0.29) is 5.82 Å². The molecule has 0 saturated heterocycles. The first-order valence-corrected chi connectivity index (χ1v) is 12.8. The molecule has 1 nitrogen and oxygen atoms in total. The van der Waals surface area contributed by atoms with Crippen LogP contribution >= 0.6 is 0 Å². The van der Waals surface area contributed by atoms with E-state index in [4.69, 9.17) is 4.74 Å². The van der Waals surface area contributed by atoms with E-state index in [2.05, 4.69) is 24.8 Å². The fraction of sp³-hybridized carbons (Fsp3) is 0.533. The van der Waals surface area contributed by atoms with Crippen molar-refractivity contribution in [2.24, 2.45) is 17.8 Å². The second-order valence-electron chi connectivity index (χ2n) is 10.0. The first kappa shape index (κ1) is 23.1. The summed E-state index contributed by atoms with van der Waals surface area (Å²) >= 11 is 0. The molecule has 4 rings (SSSR count). The van der Waals surface area contributed by atoms with E-state index >= 15 is 0 Å². The van der Waals surface area contributed by atoms with Crippen molar-refractivity contribution in [2.75, 3.05) is 6.61 Å². The van der Waals surface area contributed by atoms with Crippen LogP contribution in [0.1, 0.15) is 82.6 Å². The molecule has 172 valence electrons. The van der Waals surface area contributed by atoms with Crippen LogP contribution in [0.5, 0.6) is 5.75 Å². The van der Waals surface area contributed by atoms with Crippen LogP contribution in [0.25, 0.3) is 10.8 Å². The van der Waals surface area contributed by atoms with E-state index in [1.54, 1.807) is 6.07 Å². The summed E-state index contributed by atoms with van der Waals surface area (Å²) in [5.41, 5.74) is 1.38. The van der Waals surface area contributed by atoms with Crippen molar-refractivity contribution < 1.29 is 9.13 Å². The molecule has 0 amide bonds. The maximum atomic E-state index is 14.8. The molecule has 2 heteroatoms. The van der Waals surface area contributed by atoms with Crippen LogP contribution in [0.3, 0.4) is 0 Å². The van der Waals surface area contributed by atoms with E-state index in [0.717, 1.165) is 23.1 Å². The van der Waals surface area contributed by atoms with Gasteiger partial charge in [0.25, 0.3) is 0 Å². The van der Waals surface area contributed by atoms with Gasteiger partial charge < -0.3 is 4.74 Å². The number of rotatable bonds is 8. The van der Waals surface area contributed by atoms with E-state index in [9.17, 15) is 4.39 Å². The standard InChI is InChI=1S/C30H39FO/c1-3-5-20-32-29-19-17-27-21-26(16-18-28(27)30(29)31)25-14-12-24(13-15-25)11-10-23-8-6-22(4-2)7-9-23/h3-5,16-19,21-25H,2,6-15,20H2,1H3. The number of hydrogen-bond donors (Lipinski definition) is 0. The first-order chi connectivity index (χ1) is 15.7. The lowest BCUT2D eigenvalue weighted by atomic mass is 9.74. The van der Waals surface area contributed by atoms with Gasteiger partial charge >= 0.3 is 0 Å². The lowest BCUT2D eigenvalue weighted by Crippen LogP contribution is -2.17. The Bertz CT molecular complexity index is 914. The van der Waals surface area contributed by atoms with Crippen LogP contribution < -0.4 is 4.74 Å². The molecular weight excluding hydrogens is 395 g/mol. The molecule has 0 aromatic heterocycles. The van der Waals surface area contributed by atoms with Gasteiger partial charge in [-0.15, -0.1) is 6.58 Å². The van der Waals surface area contributed by atoms with Crippen molar-refractivity contribution in [2.45, 2.75) is 77.0 Å². The molecule has 0 unspecified atom stereocenters. The van der Waals surface area contributed by atoms with Gasteiger partial charge in [0.05, 0.1) is 0 Å². The lowest BCUT2D eigenvalue weighted by molar-refractivity contribution is 0.246. The van der Waals surface area contributed by atoms with Crippen LogP contribution in [-0.2, 0) is 0 Å². The summed E-state index contributed by atoms with van der Waals surface area (Å²) in [4.78, 5) is 0. The van der Waals surface area contributed by atoms with Crippen LogP contribution in [0, 0.1) is 23.6 Å². The summed E-state index contributed by atoms with van der Waals surface area (Å²) in [6.07, 6.45) is 19.5. The molecule has 32 heavy (non-hydrogen) atoms. The minimum Gasteiger partial charge on any atom is -0.486 e. The van der Waals surface area contributed by atoms with Gasteiger partial charge in [-0.3, -0.25) is 0 Å². The Morgan fingerprint density at radius 3 is 2.28 bits per heavy atom. The van der Waals surface area contributed by atoms with Crippen LogP contribution in [0.4, 0.5) is 4.39 Å². The number of benzene rings is 2. The van der Waals surface area contributed by atoms with Crippen molar-refractivity contribution in [1.82, 2.24) is 0 Å². The lowest BCUT2D eigenvalue weighted by Gasteiger charge is -2.31. The Labute approximate surface area is 193 Å². The Hall–Kier alpha value is -2.09. The number of hydrogen-bond acceptors (Lipinski definition) is 1. The van der Waals surface area contributed by atoms with Crippen molar-refractivity contribution in [3.63, 3.8) is 0 Å². The molecule has 0 N–H and O–H groups in total. The first-order valence-electron chi connectivity index (χ1n) is 12.8. The van der Waals surface area contributed by atoms with Crippen LogP contribution in [-0.4, -0.2) is 6.61 Å². The van der Waals surface area contributed by atoms with Crippen LogP contribution in [0.2, 0.25) is 0 Å². The highest BCUT2D eigenvalue weighted by atomic mass is 19.1. The highest BCUT2D eigenvalue weighted by Gasteiger charge is 2.25. The van der Waals surface area contributed by atoms with Gasteiger partial charge in [0.15, 0.2) is 11.6 Å². The zero-order valence-corrected chi connectivity index (χ0v) is 19.7. The van der Waals surface area contributed by atoms with Gasteiger partial charge in [-0.1, -0.05) is 55.3 Å². The highest BCUT2D eigenvalue weighted by molar-refractivity contribution is 5.85. The minimum atomic E-state index is -0.246. The molecule has 2 aliphatic carbocycles. The molecule has 0 radical (unpaired) electrons. The minimum absolute atomic E-state index is 0.246. The van der Waals surface area contributed by atoms with E-state index in [1.807, 2.05) is 31.2 Å². The average Bonchev–Trinajstić information content (AvgIpc) is 2.85. The smallest absolute Gasteiger partial charge is 0.172 e. The summed E-state index contributed by atoms with van der Waals surface area (Å²) in [6, 6.07) is 10.1. The predicted molar refractivity (Wildman–Crippen MR) is 134 cm³/mol. The molecule has 2 aromatic carbocycles. The summed E-state index contributed by atoms with van der Waals surface area (Å²) in [5.74, 6) is 3.33. The van der Waals surface area contributed by atoms with E-state index < -0.39 is 0 Å². The normalized spacial score (nSPS) is 26.4. The van der Waals surface area contributed by atoms with Crippen molar-refractivity contribution in [1.29, 1.82) is 0 Å². The van der Waals surface area contributed by atoms with Gasteiger partial charge in [-0.25, -0.2) is 4.39 Å². The maximum absolute atomic E-state index is 14.8. The monoisotopic (exact) mass is 434 g/mol. The molecule has 0 heterocycles. The Balaban J connectivity index is 1.29.